The van der Waals surface area contributed by atoms with Gasteiger partial charge < -0.3 is 9.64 Å². The normalized spacial score (nSPS) is 16.5. The number of aromatic nitrogens is 1. The molecule has 0 bridgehead atoms. The summed E-state index contributed by atoms with van der Waals surface area (Å²) in [6, 6.07) is 4.12. The molecule has 0 amide bonds. The van der Waals surface area contributed by atoms with Crippen LogP contribution in [0.4, 0.5) is 5.82 Å². The van der Waals surface area contributed by atoms with Gasteiger partial charge in [-0.25, -0.2) is 4.98 Å². The Bertz CT molecular complexity index is 339. The van der Waals surface area contributed by atoms with Crippen molar-refractivity contribution < 1.29 is 4.74 Å². The predicted octanol–water partition coefficient (Wildman–Crippen LogP) is 1.95. The van der Waals surface area contributed by atoms with Crippen LogP contribution in [0.3, 0.4) is 0 Å². The third kappa shape index (κ3) is 2.36. The van der Waals surface area contributed by atoms with Crippen molar-refractivity contribution in [3.05, 3.63) is 30.5 Å². The Morgan fingerprint density at radius 1 is 1.40 bits per heavy atom. The summed E-state index contributed by atoms with van der Waals surface area (Å²) in [5, 5.41) is 0. The second kappa shape index (κ2) is 4.45. The molecule has 1 fully saturated rings. The highest BCUT2D eigenvalue weighted by Gasteiger charge is 2.11. The number of morpholine rings is 1. The molecule has 15 heavy (non-hydrogen) atoms. The van der Waals surface area contributed by atoms with E-state index in [1.807, 2.05) is 13.1 Å². The SMILES string of the molecule is C=C(C)c1ccc(N2CCOCC2)nc1. The highest BCUT2D eigenvalue weighted by molar-refractivity contribution is 5.61. The fourth-order valence-corrected chi connectivity index (χ4v) is 1.62. The summed E-state index contributed by atoms with van der Waals surface area (Å²) in [4.78, 5) is 6.67. The molecule has 2 heterocycles. The molecular formula is C12H16N2O. The van der Waals surface area contributed by atoms with Gasteiger partial charge >= 0.3 is 0 Å². The van der Waals surface area contributed by atoms with E-state index in [1.54, 1.807) is 0 Å². The van der Waals surface area contributed by atoms with E-state index in [2.05, 4.69) is 28.6 Å². The third-order valence-corrected chi connectivity index (χ3v) is 2.58. The van der Waals surface area contributed by atoms with Crippen LogP contribution in [0.1, 0.15) is 12.5 Å². The molecule has 1 aliphatic heterocycles. The second-order valence-corrected chi connectivity index (χ2v) is 3.78. The number of pyridine rings is 1. The van der Waals surface area contributed by atoms with Crippen LogP contribution in [0.15, 0.2) is 24.9 Å². The van der Waals surface area contributed by atoms with Gasteiger partial charge in [0.15, 0.2) is 0 Å². The van der Waals surface area contributed by atoms with Crippen LogP contribution in [-0.4, -0.2) is 31.3 Å². The van der Waals surface area contributed by atoms with Gasteiger partial charge in [-0.3, -0.25) is 0 Å². The van der Waals surface area contributed by atoms with E-state index in [0.717, 1.165) is 43.3 Å². The summed E-state index contributed by atoms with van der Waals surface area (Å²) in [6.45, 7) is 9.34. The van der Waals surface area contributed by atoms with Crippen LogP contribution in [0.5, 0.6) is 0 Å². The van der Waals surface area contributed by atoms with Crippen molar-refractivity contribution in [3.63, 3.8) is 0 Å². The van der Waals surface area contributed by atoms with Crippen molar-refractivity contribution in [1.82, 2.24) is 4.98 Å². The van der Waals surface area contributed by atoms with Crippen LogP contribution in [0.25, 0.3) is 5.57 Å². The van der Waals surface area contributed by atoms with E-state index < -0.39 is 0 Å². The lowest BCUT2D eigenvalue weighted by atomic mass is 10.1. The van der Waals surface area contributed by atoms with Crippen LogP contribution in [-0.2, 0) is 4.74 Å². The Kier molecular flexibility index (Phi) is 3.02. The zero-order valence-corrected chi connectivity index (χ0v) is 9.07. The summed E-state index contributed by atoms with van der Waals surface area (Å²) >= 11 is 0. The molecule has 1 aromatic heterocycles. The van der Waals surface area contributed by atoms with Crippen LogP contribution in [0.2, 0.25) is 0 Å². The zero-order valence-electron chi connectivity index (χ0n) is 9.07. The molecule has 0 spiro atoms. The molecule has 2 rings (SSSR count). The van der Waals surface area contributed by atoms with Gasteiger partial charge in [0.05, 0.1) is 13.2 Å². The summed E-state index contributed by atoms with van der Waals surface area (Å²) in [5.74, 6) is 1.03. The van der Waals surface area contributed by atoms with Crippen molar-refractivity contribution in [2.24, 2.45) is 0 Å². The molecule has 0 saturated carbocycles. The van der Waals surface area contributed by atoms with Crippen LogP contribution >= 0.6 is 0 Å². The zero-order chi connectivity index (χ0) is 10.7. The number of hydrogen-bond donors (Lipinski definition) is 0. The van der Waals surface area contributed by atoms with Gasteiger partial charge in [-0.05, 0) is 30.2 Å². The van der Waals surface area contributed by atoms with E-state index in [4.69, 9.17) is 4.74 Å². The van der Waals surface area contributed by atoms with Gasteiger partial charge in [0.2, 0.25) is 0 Å². The first kappa shape index (κ1) is 10.2. The van der Waals surface area contributed by atoms with E-state index >= 15 is 0 Å². The van der Waals surface area contributed by atoms with E-state index in [1.165, 1.54) is 0 Å². The lowest BCUT2D eigenvalue weighted by molar-refractivity contribution is 0.122. The smallest absolute Gasteiger partial charge is 0.128 e. The van der Waals surface area contributed by atoms with Gasteiger partial charge in [0, 0.05) is 19.3 Å². The highest BCUT2D eigenvalue weighted by Crippen LogP contribution is 2.16. The van der Waals surface area contributed by atoms with E-state index in [-0.39, 0.29) is 0 Å². The molecule has 1 aromatic rings. The van der Waals surface area contributed by atoms with Crippen molar-refractivity contribution >= 4 is 11.4 Å². The molecule has 0 atom stereocenters. The molecule has 1 saturated heterocycles. The lowest BCUT2D eigenvalue weighted by Gasteiger charge is -2.27. The Balaban J connectivity index is 2.11. The highest BCUT2D eigenvalue weighted by atomic mass is 16.5. The quantitative estimate of drug-likeness (QED) is 0.736. The molecule has 1 aliphatic rings. The second-order valence-electron chi connectivity index (χ2n) is 3.78. The van der Waals surface area contributed by atoms with Gasteiger partial charge in [0.1, 0.15) is 5.82 Å². The van der Waals surface area contributed by atoms with Gasteiger partial charge in [-0.2, -0.15) is 0 Å². The number of allylic oxidation sites excluding steroid dienone is 1. The van der Waals surface area contributed by atoms with E-state index in [9.17, 15) is 0 Å². The van der Waals surface area contributed by atoms with Gasteiger partial charge in [-0.15, -0.1) is 0 Å². The Labute approximate surface area is 90.4 Å². The Morgan fingerprint density at radius 3 is 2.67 bits per heavy atom. The molecule has 0 unspecified atom stereocenters. The summed E-state index contributed by atoms with van der Waals surface area (Å²) in [5.41, 5.74) is 2.16. The van der Waals surface area contributed by atoms with Crippen molar-refractivity contribution in [2.75, 3.05) is 31.2 Å². The molecule has 0 aromatic carbocycles. The fourth-order valence-electron chi connectivity index (χ4n) is 1.62. The number of ether oxygens (including phenoxy) is 1. The first-order valence-corrected chi connectivity index (χ1v) is 5.22. The maximum absolute atomic E-state index is 5.30. The standard InChI is InChI=1S/C12H16N2O/c1-10(2)11-3-4-12(13-9-11)14-5-7-15-8-6-14/h3-4,9H,1,5-8H2,2H3. The molecule has 0 radical (unpaired) electrons. The molecule has 3 nitrogen and oxygen atoms in total. The molecule has 0 N–H and O–H groups in total. The summed E-state index contributed by atoms with van der Waals surface area (Å²) in [7, 11) is 0. The van der Waals surface area contributed by atoms with Crippen LogP contribution < -0.4 is 4.90 Å². The van der Waals surface area contributed by atoms with E-state index in [0.29, 0.717) is 0 Å². The summed E-state index contributed by atoms with van der Waals surface area (Å²) < 4.78 is 5.30. The van der Waals surface area contributed by atoms with Gasteiger partial charge in [-0.1, -0.05) is 6.58 Å². The third-order valence-electron chi connectivity index (χ3n) is 2.58. The minimum Gasteiger partial charge on any atom is -0.378 e. The van der Waals surface area contributed by atoms with Crippen molar-refractivity contribution in [2.45, 2.75) is 6.92 Å². The molecule has 3 heteroatoms. The topological polar surface area (TPSA) is 25.4 Å². The first-order chi connectivity index (χ1) is 7.27. The maximum atomic E-state index is 5.30. The minimum absolute atomic E-state index is 0.796. The average Bonchev–Trinajstić information content (AvgIpc) is 2.30. The maximum Gasteiger partial charge on any atom is 0.128 e. The minimum atomic E-state index is 0.796. The Hall–Kier alpha value is -1.35. The number of anilines is 1. The molecular weight excluding hydrogens is 188 g/mol. The summed E-state index contributed by atoms with van der Waals surface area (Å²) in [6.07, 6.45) is 1.88. The van der Waals surface area contributed by atoms with Crippen LogP contribution in [0, 0.1) is 0 Å². The van der Waals surface area contributed by atoms with Crippen molar-refractivity contribution in [3.8, 4) is 0 Å². The fraction of sp³-hybridized carbons (Fsp3) is 0.417. The first-order valence-electron chi connectivity index (χ1n) is 5.22. The Morgan fingerprint density at radius 2 is 2.13 bits per heavy atom. The van der Waals surface area contributed by atoms with Crippen molar-refractivity contribution in [1.29, 1.82) is 0 Å². The average molecular weight is 204 g/mol. The van der Waals surface area contributed by atoms with Gasteiger partial charge in [0.25, 0.3) is 0 Å². The number of nitrogens with zero attached hydrogens (tertiary/aromatic N) is 2. The molecule has 80 valence electrons. The monoisotopic (exact) mass is 204 g/mol. The predicted molar refractivity (Wildman–Crippen MR) is 62.0 cm³/mol. The number of rotatable bonds is 2. The largest absolute Gasteiger partial charge is 0.378 e. The number of hydrogen-bond acceptors (Lipinski definition) is 3. The molecule has 0 aliphatic carbocycles. The lowest BCUT2D eigenvalue weighted by Crippen LogP contribution is -2.36.